The van der Waals surface area contributed by atoms with Gasteiger partial charge in [0, 0.05) is 12.2 Å². The molecule has 3 N–H and O–H groups in total. The fourth-order valence-electron chi connectivity index (χ4n) is 3.45. The van der Waals surface area contributed by atoms with E-state index in [4.69, 9.17) is 10.5 Å². The Kier molecular flexibility index (Phi) is 4.69. The Hall–Kier alpha value is -2.18. The van der Waals surface area contributed by atoms with Crippen molar-refractivity contribution in [2.24, 2.45) is 0 Å². The van der Waals surface area contributed by atoms with Crippen molar-refractivity contribution >= 4 is 5.82 Å². The lowest BCUT2D eigenvalue weighted by Gasteiger charge is -2.36. The van der Waals surface area contributed by atoms with E-state index in [1.54, 1.807) is 19.4 Å². The van der Waals surface area contributed by atoms with Gasteiger partial charge in [-0.05, 0) is 50.1 Å². The van der Waals surface area contributed by atoms with Crippen molar-refractivity contribution in [2.75, 3.05) is 19.4 Å². The van der Waals surface area contributed by atoms with E-state index >= 15 is 0 Å². The highest BCUT2D eigenvalue weighted by molar-refractivity contribution is 5.32. The van der Waals surface area contributed by atoms with Crippen molar-refractivity contribution in [1.82, 2.24) is 14.9 Å². The van der Waals surface area contributed by atoms with E-state index in [-0.39, 0.29) is 6.04 Å². The summed E-state index contributed by atoms with van der Waals surface area (Å²) in [6, 6.07) is 9.29. The van der Waals surface area contributed by atoms with Crippen LogP contribution < -0.4 is 10.5 Å². The van der Waals surface area contributed by atoms with Gasteiger partial charge in [0.25, 0.3) is 0 Å². The number of hydrogen-bond donors (Lipinski definition) is 2. The normalized spacial score (nSPS) is 20.7. The van der Waals surface area contributed by atoms with Gasteiger partial charge < -0.3 is 15.6 Å². The van der Waals surface area contributed by atoms with E-state index in [1.807, 2.05) is 31.2 Å². The predicted octanol–water partition coefficient (Wildman–Crippen LogP) is 1.94. The van der Waals surface area contributed by atoms with Crippen LogP contribution in [0.5, 0.6) is 5.75 Å². The summed E-state index contributed by atoms with van der Waals surface area (Å²) in [5.74, 6) is 1.94. The Bertz CT molecular complexity index is 688. The highest BCUT2D eigenvalue weighted by Crippen LogP contribution is 2.35. The molecule has 1 aromatic carbocycles. The van der Waals surface area contributed by atoms with Crippen LogP contribution in [0.1, 0.15) is 31.2 Å². The Morgan fingerprint density at radius 1 is 1.33 bits per heavy atom. The summed E-state index contributed by atoms with van der Waals surface area (Å²) in [6.07, 6.45) is 3.64. The first-order chi connectivity index (χ1) is 11.5. The largest absolute Gasteiger partial charge is 0.497 e. The number of ether oxygens (including phenoxy) is 1. The molecule has 2 atom stereocenters. The maximum Gasteiger partial charge on any atom is 0.144 e. The van der Waals surface area contributed by atoms with E-state index in [9.17, 15) is 5.11 Å². The molecule has 2 aromatic rings. The van der Waals surface area contributed by atoms with Gasteiger partial charge in [0.2, 0.25) is 0 Å². The molecule has 1 aliphatic heterocycles. The molecule has 6 nitrogen and oxygen atoms in total. The molecule has 0 saturated carbocycles. The fourth-order valence-corrected chi connectivity index (χ4v) is 3.45. The third kappa shape index (κ3) is 3.34. The Labute approximate surface area is 142 Å². The number of hydrogen-bond acceptors (Lipinski definition) is 6. The van der Waals surface area contributed by atoms with Gasteiger partial charge in [-0.25, -0.2) is 9.97 Å². The van der Waals surface area contributed by atoms with Gasteiger partial charge >= 0.3 is 0 Å². The van der Waals surface area contributed by atoms with Gasteiger partial charge in [-0.2, -0.15) is 0 Å². The summed E-state index contributed by atoms with van der Waals surface area (Å²) in [5.41, 5.74) is 5.67. The molecule has 1 aromatic heterocycles. The molecule has 2 heterocycles. The van der Waals surface area contributed by atoms with Crippen LogP contribution in [0.2, 0.25) is 0 Å². The van der Waals surface area contributed by atoms with Gasteiger partial charge in [-0.3, -0.25) is 4.90 Å². The number of methoxy groups -OCH3 is 1. The number of aromatic nitrogens is 2. The van der Waals surface area contributed by atoms with Gasteiger partial charge in [0.05, 0.1) is 13.7 Å². The van der Waals surface area contributed by atoms with Crippen molar-refractivity contribution in [3.63, 3.8) is 0 Å². The van der Waals surface area contributed by atoms with E-state index in [0.717, 1.165) is 30.7 Å². The molecule has 1 fully saturated rings. The van der Waals surface area contributed by atoms with Crippen LogP contribution >= 0.6 is 0 Å². The van der Waals surface area contributed by atoms with Crippen molar-refractivity contribution in [3.05, 3.63) is 47.9 Å². The Morgan fingerprint density at radius 2 is 2.08 bits per heavy atom. The number of rotatable bonds is 5. The molecular weight excluding hydrogens is 304 g/mol. The van der Waals surface area contributed by atoms with Crippen molar-refractivity contribution in [1.29, 1.82) is 0 Å². The first kappa shape index (κ1) is 16.7. The van der Waals surface area contributed by atoms with Crippen LogP contribution in [0.3, 0.4) is 0 Å². The second-order valence-corrected chi connectivity index (χ2v) is 6.40. The number of aliphatic hydroxyl groups is 1. The SMILES string of the molecule is COc1ccc([C@](C)(O)[C@H]2CCCN2Cc2nccc(N)n2)cc1. The number of benzene rings is 1. The van der Waals surface area contributed by atoms with Crippen molar-refractivity contribution in [3.8, 4) is 5.75 Å². The highest BCUT2D eigenvalue weighted by Gasteiger charge is 2.40. The topological polar surface area (TPSA) is 84.5 Å². The fraction of sp³-hybridized carbons (Fsp3) is 0.444. The molecule has 0 spiro atoms. The monoisotopic (exact) mass is 328 g/mol. The van der Waals surface area contributed by atoms with Crippen LogP contribution in [-0.2, 0) is 12.1 Å². The Balaban J connectivity index is 1.80. The van der Waals surface area contributed by atoms with Crippen LogP contribution in [0, 0.1) is 0 Å². The highest BCUT2D eigenvalue weighted by atomic mass is 16.5. The third-order valence-electron chi connectivity index (χ3n) is 4.76. The molecule has 0 unspecified atom stereocenters. The second kappa shape index (κ2) is 6.75. The van der Waals surface area contributed by atoms with Gasteiger partial charge in [0.15, 0.2) is 0 Å². The quantitative estimate of drug-likeness (QED) is 0.872. The second-order valence-electron chi connectivity index (χ2n) is 6.40. The first-order valence-electron chi connectivity index (χ1n) is 8.19. The lowest BCUT2D eigenvalue weighted by molar-refractivity contribution is -0.0261. The minimum absolute atomic E-state index is 0.0101. The van der Waals surface area contributed by atoms with Gasteiger partial charge in [-0.1, -0.05) is 12.1 Å². The lowest BCUT2D eigenvalue weighted by atomic mass is 9.86. The minimum Gasteiger partial charge on any atom is -0.497 e. The molecule has 0 aliphatic carbocycles. The standard InChI is InChI=1S/C18H24N4O2/c1-18(23,13-5-7-14(24-2)8-6-13)15-4-3-11-22(15)12-17-20-10-9-16(19)21-17/h5-10,15,23H,3-4,11-12H2,1-2H3,(H2,19,20,21)/t15-,18+/m1/s1. The molecule has 0 radical (unpaired) electrons. The molecular formula is C18H24N4O2. The summed E-state index contributed by atoms with van der Waals surface area (Å²) >= 11 is 0. The summed E-state index contributed by atoms with van der Waals surface area (Å²) < 4.78 is 5.20. The zero-order chi connectivity index (χ0) is 17.2. The summed E-state index contributed by atoms with van der Waals surface area (Å²) in [7, 11) is 1.64. The average Bonchev–Trinajstić information content (AvgIpc) is 3.04. The maximum atomic E-state index is 11.2. The molecule has 1 aliphatic rings. The zero-order valence-corrected chi connectivity index (χ0v) is 14.1. The van der Waals surface area contributed by atoms with E-state index in [1.165, 1.54) is 0 Å². The first-order valence-corrected chi connectivity index (χ1v) is 8.19. The average molecular weight is 328 g/mol. The van der Waals surface area contributed by atoms with Crippen LogP contribution in [-0.4, -0.2) is 39.7 Å². The third-order valence-corrected chi connectivity index (χ3v) is 4.76. The van der Waals surface area contributed by atoms with Crippen molar-refractivity contribution < 1.29 is 9.84 Å². The van der Waals surface area contributed by atoms with Gasteiger partial charge in [-0.15, -0.1) is 0 Å². The maximum absolute atomic E-state index is 11.2. The number of nitrogen functional groups attached to an aromatic ring is 1. The summed E-state index contributed by atoms with van der Waals surface area (Å²) in [6.45, 7) is 3.37. The molecule has 128 valence electrons. The van der Waals surface area contributed by atoms with Crippen LogP contribution in [0.25, 0.3) is 0 Å². The zero-order valence-electron chi connectivity index (χ0n) is 14.1. The molecule has 6 heteroatoms. The molecule has 1 saturated heterocycles. The predicted molar refractivity (Wildman–Crippen MR) is 92.4 cm³/mol. The smallest absolute Gasteiger partial charge is 0.144 e. The summed E-state index contributed by atoms with van der Waals surface area (Å²) in [4.78, 5) is 10.8. The van der Waals surface area contributed by atoms with E-state index in [0.29, 0.717) is 18.2 Å². The number of nitrogens with two attached hydrogens (primary N) is 1. The molecule has 0 amide bonds. The number of anilines is 1. The van der Waals surface area contributed by atoms with Crippen LogP contribution in [0.15, 0.2) is 36.5 Å². The molecule has 3 rings (SSSR count). The van der Waals surface area contributed by atoms with Gasteiger partial charge in [0.1, 0.15) is 23.0 Å². The van der Waals surface area contributed by atoms with E-state index < -0.39 is 5.60 Å². The Morgan fingerprint density at radius 3 is 2.75 bits per heavy atom. The van der Waals surface area contributed by atoms with Crippen LogP contribution in [0.4, 0.5) is 5.82 Å². The minimum atomic E-state index is -0.955. The van der Waals surface area contributed by atoms with E-state index in [2.05, 4.69) is 14.9 Å². The number of likely N-dealkylation sites (tertiary alicyclic amines) is 1. The summed E-state index contributed by atoms with van der Waals surface area (Å²) in [5, 5.41) is 11.2. The molecule has 24 heavy (non-hydrogen) atoms. The van der Waals surface area contributed by atoms with Crippen molar-refractivity contribution in [2.45, 2.75) is 38.0 Å². The lowest BCUT2D eigenvalue weighted by Crippen LogP contribution is -2.45. The number of nitrogens with zero attached hydrogens (tertiary/aromatic N) is 3. The molecule has 0 bridgehead atoms.